The molecule has 2 rings (SSSR count). The van der Waals surface area contributed by atoms with Gasteiger partial charge in [0.05, 0.1) is 11.5 Å². The monoisotopic (exact) mass is 325 g/mol. The molecular weight excluding hydrogens is 306 g/mol. The molecule has 0 fully saturated rings. The van der Waals surface area contributed by atoms with E-state index in [0.29, 0.717) is 17.0 Å². The van der Waals surface area contributed by atoms with E-state index in [9.17, 15) is 13.5 Å². The third-order valence-corrected chi connectivity index (χ3v) is 6.09. The highest BCUT2D eigenvalue weighted by atomic mass is 32.2. The van der Waals surface area contributed by atoms with Gasteiger partial charge in [-0.15, -0.1) is 11.3 Å². The van der Waals surface area contributed by atoms with Crippen LogP contribution in [-0.2, 0) is 23.1 Å². The maximum Gasteiger partial charge on any atom is 0.242 e. The summed E-state index contributed by atoms with van der Waals surface area (Å²) >= 11 is 1.27. The summed E-state index contributed by atoms with van der Waals surface area (Å²) in [5.41, 5.74) is 1.87. The summed E-state index contributed by atoms with van der Waals surface area (Å²) < 4.78 is 27.2. The average Bonchev–Trinajstić information content (AvgIpc) is 2.86. The molecule has 21 heavy (non-hydrogen) atoms. The summed E-state index contributed by atoms with van der Waals surface area (Å²) in [6, 6.07) is 9.97. The van der Waals surface area contributed by atoms with Crippen LogP contribution in [0.1, 0.15) is 22.4 Å². The zero-order chi connectivity index (χ0) is 15.3. The van der Waals surface area contributed by atoms with E-state index in [2.05, 4.69) is 4.72 Å². The van der Waals surface area contributed by atoms with E-state index in [1.54, 1.807) is 12.3 Å². The van der Waals surface area contributed by atoms with Crippen molar-refractivity contribution in [2.24, 2.45) is 0 Å². The molecule has 0 aliphatic heterocycles. The average molecular weight is 325 g/mol. The molecule has 0 amide bonds. The summed E-state index contributed by atoms with van der Waals surface area (Å²) in [6.45, 7) is 1.88. The van der Waals surface area contributed by atoms with E-state index in [1.807, 2.05) is 30.3 Å². The number of nitrogens with one attached hydrogen (secondary N) is 1. The number of aliphatic hydroxyl groups is 1. The van der Waals surface area contributed by atoms with E-state index in [4.69, 9.17) is 0 Å². The summed E-state index contributed by atoms with van der Waals surface area (Å²) in [7, 11) is -3.54. The Balaban J connectivity index is 1.94. The number of aliphatic hydroxyl groups excluding tert-OH is 1. The summed E-state index contributed by atoms with van der Waals surface area (Å²) in [5.74, 6) is 0. The van der Waals surface area contributed by atoms with Crippen LogP contribution in [0.5, 0.6) is 0 Å². The van der Waals surface area contributed by atoms with Crippen molar-refractivity contribution in [1.29, 1.82) is 0 Å². The standard InChI is InChI=1S/C15H19NO3S2/c1-12-11-20-14(10-17)15(12)21(18,19)16-9-5-8-13-6-3-2-4-7-13/h2-4,6-7,11,16-17H,5,8-10H2,1H3. The molecule has 0 atom stereocenters. The minimum absolute atomic E-state index is 0.231. The first-order valence-corrected chi connectivity index (χ1v) is 9.12. The van der Waals surface area contributed by atoms with Gasteiger partial charge in [-0.05, 0) is 36.3 Å². The largest absolute Gasteiger partial charge is 0.391 e. The Morgan fingerprint density at radius 2 is 1.95 bits per heavy atom. The van der Waals surface area contributed by atoms with Crippen molar-refractivity contribution in [3.05, 3.63) is 51.7 Å². The molecule has 0 bridgehead atoms. The van der Waals surface area contributed by atoms with Crippen molar-refractivity contribution in [2.45, 2.75) is 31.3 Å². The molecule has 0 saturated heterocycles. The number of sulfonamides is 1. The predicted molar refractivity (Wildman–Crippen MR) is 84.9 cm³/mol. The Labute approximate surface area is 129 Å². The van der Waals surface area contributed by atoms with Crippen molar-refractivity contribution < 1.29 is 13.5 Å². The van der Waals surface area contributed by atoms with Gasteiger partial charge in [-0.2, -0.15) is 0 Å². The lowest BCUT2D eigenvalue weighted by molar-refractivity contribution is 0.282. The molecular formula is C15H19NO3S2. The summed E-state index contributed by atoms with van der Waals surface area (Å²) in [4.78, 5) is 0.720. The van der Waals surface area contributed by atoms with Crippen molar-refractivity contribution in [1.82, 2.24) is 4.72 Å². The fourth-order valence-electron chi connectivity index (χ4n) is 2.17. The first kappa shape index (κ1) is 16.2. The Bertz CT molecular complexity index is 678. The van der Waals surface area contributed by atoms with Crippen LogP contribution in [0.3, 0.4) is 0 Å². The second-order valence-electron chi connectivity index (χ2n) is 4.82. The highest BCUT2D eigenvalue weighted by molar-refractivity contribution is 7.89. The lowest BCUT2D eigenvalue weighted by Crippen LogP contribution is -2.26. The number of benzene rings is 1. The van der Waals surface area contributed by atoms with Crippen LogP contribution in [0.25, 0.3) is 0 Å². The van der Waals surface area contributed by atoms with Crippen molar-refractivity contribution >= 4 is 21.4 Å². The minimum Gasteiger partial charge on any atom is -0.391 e. The highest BCUT2D eigenvalue weighted by Gasteiger charge is 2.21. The lowest BCUT2D eigenvalue weighted by Gasteiger charge is -2.08. The van der Waals surface area contributed by atoms with Gasteiger partial charge in [-0.25, -0.2) is 13.1 Å². The van der Waals surface area contributed by atoms with E-state index < -0.39 is 10.0 Å². The normalized spacial score (nSPS) is 11.7. The van der Waals surface area contributed by atoms with E-state index in [1.165, 1.54) is 16.9 Å². The summed E-state index contributed by atoms with van der Waals surface area (Å²) in [6.07, 6.45) is 1.57. The van der Waals surface area contributed by atoms with Crippen LogP contribution < -0.4 is 4.72 Å². The first-order valence-electron chi connectivity index (χ1n) is 6.76. The molecule has 1 aromatic heterocycles. The molecule has 114 valence electrons. The Morgan fingerprint density at radius 1 is 1.24 bits per heavy atom. The van der Waals surface area contributed by atoms with Gasteiger partial charge in [0.2, 0.25) is 10.0 Å². The topological polar surface area (TPSA) is 66.4 Å². The van der Waals surface area contributed by atoms with Gasteiger partial charge in [-0.1, -0.05) is 30.3 Å². The molecule has 1 heterocycles. The summed E-state index contributed by atoms with van der Waals surface area (Å²) in [5, 5.41) is 11.0. The molecule has 6 heteroatoms. The lowest BCUT2D eigenvalue weighted by atomic mass is 10.1. The van der Waals surface area contributed by atoms with Crippen LogP contribution in [0.2, 0.25) is 0 Å². The zero-order valence-corrected chi connectivity index (χ0v) is 13.5. The molecule has 1 aromatic carbocycles. The third kappa shape index (κ3) is 4.14. The van der Waals surface area contributed by atoms with Crippen molar-refractivity contribution in [3.63, 3.8) is 0 Å². The maximum absolute atomic E-state index is 12.3. The van der Waals surface area contributed by atoms with Gasteiger partial charge in [0, 0.05) is 6.54 Å². The molecule has 2 N–H and O–H groups in total. The molecule has 0 saturated carbocycles. The van der Waals surface area contributed by atoms with Crippen LogP contribution in [0.15, 0.2) is 40.6 Å². The van der Waals surface area contributed by atoms with Crippen LogP contribution in [0, 0.1) is 6.92 Å². The quantitative estimate of drug-likeness (QED) is 0.769. The Kier molecular flexibility index (Phi) is 5.52. The number of hydrogen-bond donors (Lipinski definition) is 2. The van der Waals surface area contributed by atoms with Crippen LogP contribution in [0.4, 0.5) is 0 Å². The fraction of sp³-hybridized carbons (Fsp3) is 0.333. The van der Waals surface area contributed by atoms with Crippen molar-refractivity contribution in [2.75, 3.05) is 6.54 Å². The number of hydrogen-bond acceptors (Lipinski definition) is 4. The van der Waals surface area contributed by atoms with Gasteiger partial charge >= 0.3 is 0 Å². The second-order valence-corrected chi connectivity index (χ2v) is 7.48. The van der Waals surface area contributed by atoms with Gasteiger partial charge in [-0.3, -0.25) is 0 Å². The smallest absolute Gasteiger partial charge is 0.242 e. The van der Waals surface area contributed by atoms with Gasteiger partial charge in [0.15, 0.2) is 0 Å². The molecule has 0 radical (unpaired) electrons. The van der Waals surface area contributed by atoms with Gasteiger partial charge < -0.3 is 5.11 Å². The second kappa shape index (κ2) is 7.17. The molecule has 0 spiro atoms. The van der Waals surface area contributed by atoms with Gasteiger partial charge in [0.25, 0.3) is 0 Å². The molecule has 2 aromatic rings. The van der Waals surface area contributed by atoms with E-state index >= 15 is 0 Å². The Hall–Kier alpha value is -1.21. The number of aryl methyl sites for hydroxylation is 2. The zero-order valence-electron chi connectivity index (χ0n) is 11.9. The molecule has 0 aliphatic carbocycles. The maximum atomic E-state index is 12.3. The van der Waals surface area contributed by atoms with Crippen LogP contribution in [-0.4, -0.2) is 20.1 Å². The third-order valence-electron chi connectivity index (χ3n) is 3.18. The van der Waals surface area contributed by atoms with Crippen molar-refractivity contribution in [3.8, 4) is 0 Å². The van der Waals surface area contributed by atoms with E-state index in [-0.39, 0.29) is 11.5 Å². The van der Waals surface area contributed by atoms with Crippen LogP contribution >= 0.6 is 11.3 Å². The fourth-order valence-corrected chi connectivity index (χ4v) is 4.91. The number of rotatable bonds is 7. The first-order chi connectivity index (χ1) is 10.0. The van der Waals surface area contributed by atoms with E-state index in [0.717, 1.165) is 12.8 Å². The molecule has 4 nitrogen and oxygen atoms in total. The predicted octanol–water partition coefficient (Wildman–Crippen LogP) is 2.46. The minimum atomic E-state index is -3.54. The van der Waals surface area contributed by atoms with Gasteiger partial charge in [0.1, 0.15) is 4.90 Å². The SMILES string of the molecule is Cc1csc(CO)c1S(=O)(=O)NCCCc1ccccc1. The molecule has 0 unspecified atom stereocenters. The molecule has 0 aliphatic rings. The highest BCUT2D eigenvalue weighted by Crippen LogP contribution is 2.26. The number of thiophene rings is 1. The Morgan fingerprint density at radius 3 is 2.62 bits per heavy atom.